The quantitative estimate of drug-likeness (QED) is 0.521. The lowest BCUT2D eigenvalue weighted by atomic mass is 9.91. The topological polar surface area (TPSA) is 12.0 Å². The Hall–Kier alpha value is -1.08. The molecule has 1 unspecified atom stereocenters. The molecule has 1 aromatic rings. The largest absolute Gasteiger partial charge is 0.310 e. The molecule has 1 aromatic carbocycles. The maximum Gasteiger partial charge on any atom is 0.0323 e. The smallest absolute Gasteiger partial charge is 0.0323 e. The van der Waals surface area contributed by atoms with Crippen molar-refractivity contribution in [2.75, 3.05) is 6.54 Å². The van der Waals surface area contributed by atoms with Crippen LogP contribution < -0.4 is 5.32 Å². The number of benzene rings is 1. The number of allylic oxidation sites excluding steroid dienone is 1. The number of hydrogen-bond donors (Lipinski definition) is 1. The van der Waals surface area contributed by atoms with Crippen molar-refractivity contribution < 1.29 is 0 Å². The molecular formula is C18H27N. The monoisotopic (exact) mass is 257 g/mol. The molecule has 0 saturated heterocycles. The molecule has 0 fully saturated rings. The Morgan fingerprint density at radius 3 is 2.79 bits per heavy atom. The third kappa shape index (κ3) is 4.50. The highest BCUT2D eigenvalue weighted by molar-refractivity contribution is 5.32. The Kier molecular flexibility index (Phi) is 6.16. The van der Waals surface area contributed by atoms with Crippen molar-refractivity contribution in [1.29, 1.82) is 0 Å². The summed E-state index contributed by atoms with van der Waals surface area (Å²) in [7, 11) is 0. The number of hydrogen-bond acceptors (Lipinski definition) is 1. The summed E-state index contributed by atoms with van der Waals surface area (Å²) in [6.07, 6.45) is 12.5. The van der Waals surface area contributed by atoms with Crippen LogP contribution in [0.2, 0.25) is 0 Å². The van der Waals surface area contributed by atoms with E-state index in [1.165, 1.54) is 51.4 Å². The highest BCUT2D eigenvalue weighted by Gasteiger charge is 2.17. The van der Waals surface area contributed by atoms with Crippen LogP contribution in [0.3, 0.4) is 0 Å². The van der Waals surface area contributed by atoms with E-state index in [4.69, 9.17) is 0 Å². The van der Waals surface area contributed by atoms with Crippen molar-refractivity contribution in [3.63, 3.8) is 0 Å². The molecule has 104 valence electrons. The van der Waals surface area contributed by atoms with Gasteiger partial charge < -0.3 is 5.32 Å². The second-order valence-electron chi connectivity index (χ2n) is 5.59. The van der Waals surface area contributed by atoms with Gasteiger partial charge in [0, 0.05) is 6.04 Å². The molecule has 0 amide bonds. The van der Waals surface area contributed by atoms with Crippen molar-refractivity contribution in [2.45, 2.75) is 57.4 Å². The normalized spacial score (nSPS) is 18.0. The van der Waals surface area contributed by atoms with Crippen LogP contribution in [0.5, 0.6) is 0 Å². The van der Waals surface area contributed by atoms with Crippen LogP contribution in [-0.4, -0.2) is 6.54 Å². The summed E-state index contributed by atoms with van der Waals surface area (Å²) in [5.41, 5.74) is 3.10. The summed E-state index contributed by atoms with van der Waals surface area (Å²) in [5.74, 6) is 0. The third-order valence-corrected chi connectivity index (χ3v) is 4.12. The first-order chi connectivity index (χ1) is 9.42. The van der Waals surface area contributed by atoms with E-state index in [1.54, 1.807) is 11.1 Å². The van der Waals surface area contributed by atoms with Gasteiger partial charge in [-0.25, -0.2) is 0 Å². The van der Waals surface area contributed by atoms with E-state index in [-0.39, 0.29) is 0 Å². The molecule has 0 radical (unpaired) electrons. The summed E-state index contributed by atoms with van der Waals surface area (Å²) >= 11 is 0. The molecule has 1 heteroatoms. The van der Waals surface area contributed by atoms with Gasteiger partial charge in [-0.2, -0.15) is 0 Å². The van der Waals surface area contributed by atoms with Crippen molar-refractivity contribution in [3.05, 3.63) is 48.0 Å². The summed E-state index contributed by atoms with van der Waals surface area (Å²) in [5, 5.41) is 3.67. The van der Waals surface area contributed by atoms with Gasteiger partial charge in [0.25, 0.3) is 0 Å². The van der Waals surface area contributed by atoms with Crippen LogP contribution in [-0.2, 0) is 6.42 Å². The van der Waals surface area contributed by atoms with E-state index < -0.39 is 0 Å². The van der Waals surface area contributed by atoms with E-state index in [9.17, 15) is 0 Å². The molecule has 1 aliphatic heterocycles. The molecule has 19 heavy (non-hydrogen) atoms. The van der Waals surface area contributed by atoms with Gasteiger partial charge in [-0.15, -0.1) is 6.58 Å². The minimum absolute atomic E-state index is 0.595. The van der Waals surface area contributed by atoms with Gasteiger partial charge in [-0.1, -0.05) is 56.0 Å². The Morgan fingerprint density at radius 1 is 1.11 bits per heavy atom. The van der Waals surface area contributed by atoms with Gasteiger partial charge in [0.15, 0.2) is 0 Å². The number of unbranched alkanes of at least 4 members (excludes halogenated alkanes) is 5. The average Bonchev–Trinajstić information content (AvgIpc) is 2.46. The Labute approximate surface area is 118 Å². The van der Waals surface area contributed by atoms with Gasteiger partial charge in [0.2, 0.25) is 0 Å². The summed E-state index contributed by atoms with van der Waals surface area (Å²) in [6.45, 7) is 4.91. The molecule has 0 aromatic heterocycles. The first kappa shape index (κ1) is 14.3. The fourth-order valence-electron chi connectivity index (χ4n) is 3.02. The Balaban J connectivity index is 1.68. The van der Waals surface area contributed by atoms with Crippen LogP contribution >= 0.6 is 0 Å². The summed E-state index contributed by atoms with van der Waals surface area (Å²) in [4.78, 5) is 0. The zero-order chi connectivity index (χ0) is 13.3. The molecule has 0 saturated carbocycles. The molecule has 0 spiro atoms. The van der Waals surface area contributed by atoms with E-state index in [1.807, 2.05) is 6.08 Å². The van der Waals surface area contributed by atoms with Gasteiger partial charge in [0.1, 0.15) is 0 Å². The maximum atomic E-state index is 3.77. The lowest BCUT2D eigenvalue weighted by molar-refractivity contribution is 0.449. The van der Waals surface area contributed by atoms with Gasteiger partial charge >= 0.3 is 0 Å². The van der Waals surface area contributed by atoms with Gasteiger partial charge in [-0.3, -0.25) is 0 Å². The van der Waals surface area contributed by atoms with Crippen LogP contribution in [0.1, 0.15) is 62.1 Å². The van der Waals surface area contributed by atoms with Crippen molar-refractivity contribution in [2.24, 2.45) is 0 Å². The first-order valence-corrected chi connectivity index (χ1v) is 7.84. The number of nitrogens with one attached hydrogen (secondary N) is 1. The predicted octanol–water partition coefficient (Wildman–Crippen LogP) is 4.79. The summed E-state index contributed by atoms with van der Waals surface area (Å²) in [6, 6.07) is 9.53. The summed E-state index contributed by atoms with van der Waals surface area (Å²) < 4.78 is 0. The molecule has 1 atom stereocenters. The molecule has 0 bridgehead atoms. The van der Waals surface area contributed by atoms with E-state index in [2.05, 4.69) is 36.2 Å². The van der Waals surface area contributed by atoms with Crippen molar-refractivity contribution in [1.82, 2.24) is 5.32 Å². The second kappa shape index (κ2) is 8.16. The predicted molar refractivity (Wildman–Crippen MR) is 83.4 cm³/mol. The number of fused-ring (bicyclic) bond motifs is 1. The fraction of sp³-hybridized carbons (Fsp3) is 0.556. The molecule has 1 nitrogen and oxygen atoms in total. The molecule has 1 aliphatic rings. The van der Waals surface area contributed by atoms with Crippen LogP contribution in [0.4, 0.5) is 0 Å². The minimum atomic E-state index is 0.595. The van der Waals surface area contributed by atoms with Crippen molar-refractivity contribution >= 4 is 0 Å². The highest BCUT2D eigenvalue weighted by atomic mass is 14.9. The second-order valence-corrected chi connectivity index (χ2v) is 5.59. The Morgan fingerprint density at radius 2 is 1.89 bits per heavy atom. The molecule has 2 rings (SSSR count). The lowest BCUT2D eigenvalue weighted by Crippen LogP contribution is -2.29. The zero-order valence-corrected chi connectivity index (χ0v) is 12.0. The van der Waals surface area contributed by atoms with E-state index >= 15 is 0 Å². The third-order valence-electron chi connectivity index (χ3n) is 4.12. The maximum absolute atomic E-state index is 3.77. The highest BCUT2D eigenvalue weighted by Crippen LogP contribution is 2.26. The molecule has 1 heterocycles. The first-order valence-electron chi connectivity index (χ1n) is 7.84. The Bertz CT molecular complexity index is 383. The van der Waals surface area contributed by atoms with E-state index in [0.717, 1.165) is 6.54 Å². The van der Waals surface area contributed by atoms with Crippen LogP contribution in [0.15, 0.2) is 36.9 Å². The van der Waals surface area contributed by atoms with E-state index in [0.29, 0.717) is 6.04 Å². The lowest BCUT2D eigenvalue weighted by Gasteiger charge is -2.27. The van der Waals surface area contributed by atoms with Gasteiger partial charge in [-0.05, 0) is 43.4 Å². The SMILES string of the molecule is C=CCCCCCCCC1NCCc2ccccc21. The zero-order valence-electron chi connectivity index (χ0n) is 12.0. The van der Waals surface area contributed by atoms with Crippen LogP contribution in [0, 0.1) is 0 Å². The molecule has 1 N–H and O–H groups in total. The van der Waals surface area contributed by atoms with Gasteiger partial charge in [0.05, 0.1) is 0 Å². The number of rotatable bonds is 8. The fourth-order valence-corrected chi connectivity index (χ4v) is 3.02. The minimum Gasteiger partial charge on any atom is -0.310 e. The van der Waals surface area contributed by atoms with Crippen molar-refractivity contribution in [3.8, 4) is 0 Å². The molecule has 0 aliphatic carbocycles. The standard InChI is InChI=1S/C18H27N/c1-2-3-4-5-6-7-8-13-18-17-12-10-9-11-16(17)14-15-19-18/h2,9-12,18-19H,1,3-8,13-15H2. The average molecular weight is 257 g/mol. The molecular weight excluding hydrogens is 230 g/mol. The van der Waals surface area contributed by atoms with Crippen LogP contribution in [0.25, 0.3) is 0 Å².